The number of furan rings is 2. The van der Waals surface area contributed by atoms with Crippen LogP contribution in [-0.4, -0.2) is 26.0 Å². The molecule has 0 bridgehead atoms. The van der Waals surface area contributed by atoms with Gasteiger partial charge in [0.2, 0.25) is 11.6 Å². The van der Waals surface area contributed by atoms with Gasteiger partial charge in [-0.15, -0.1) is 10.2 Å². The zero-order valence-corrected chi connectivity index (χ0v) is 9.18. The van der Waals surface area contributed by atoms with E-state index in [1.54, 1.807) is 24.3 Å². The fourth-order valence-corrected chi connectivity index (χ4v) is 1.46. The molecule has 0 atom stereocenters. The second-order valence-electron chi connectivity index (χ2n) is 3.52. The summed E-state index contributed by atoms with van der Waals surface area (Å²) in [5, 5.41) is 11.6. The molecule has 3 heterocycles. The van der Waals surface area contributed by atoms with Crippen molar-refractivity contribution in [1.82, 2.24) is 20.2 Å². The van der Waals surface area contributed by atoms with E-state index in [9.17, 15) is 4.79 Å². The maximum Gasteiger partial charge on any atom is 0.240 e. The summed E-state index contributed by atoms with van der Waals surface area (Å²) in [7, 11) is 0. The maximum absolute atomic E-state index is 11.7. The third-order valence-corrected chi connectivity index (χ3v) is 2.28. The lowest BCUT2D eigenvalue weighted by Gasteiger charge is -1.94. The van der Waals surface area contributed by atoms with Crippen LogP contribution in [-0.2, 0) is 6.54 Å². The van der Waals surface area contributed by atoms with Gasteiger partial charge in [0.05, 0.1) is 12.5 Å². The standard InChI is InChI=1S/C11H8N4O3/c16-8(9-3-1-5-17-9)7-15-13-11(12-14-15)10-4-2-6-18-10/h1-6H,7H2. The Balaban J connectivity index is 1.76. The van der Waals surface area contributed by atoms with Crippen molar-refractivity contribution in [2.45, 2.75) is 6.54 Å². The first-order valence-corrected chi connectivity index (χ1v) is 5.21. The molecule has 0 aromatic carbocycles. The van der Waals surface area contributed by atoms with Gasteiger partial charge < -0.3 is 8.83 Å². The molecule has 3 rings (SSSR count). The van der Waals surface area contributed by atoms with Crippen molar-refractivity contribution in [3.63, 3.8) is 0 Å². The second-order valence-corrected chi connectivity index (χ2v) is 3.52. The van der Waals surface area contributed by atoms with Gasteiger partial charge in [-0.3, -0.25) is 4.79 Å². The average Bonchev–Trinajstić information content (AvgIpc) is 3.12. The van der Waals surface area contributed by atoms with Crippen molar-refractivity contribution in [3.05, 3.63) is 42.6 Å². The normalized spacial score (nSPS) is 10.7. The molecule has 3 aromatic heterocycles. The van der Waals surface area contributed by atoms with Crippen LogP contribution in [0, 0.1) is 0 Å². The molecule has 7 nitrogen and oxygen atoms in total. The summed E-state index contributed by atoms with van der Waals surface area (Å²) in [6.07, 6.45) is 2.96. The largest absolute Gasteiger partial charge is 0.461 e. The highest BCUT2D eigenvalue weighted by Gasteiger charge is 2.13. The highest BCUT2D eigenvalue weighted by atomic mass is 16.3. The van der Waals surface area contributed by atoms with E-state index in [-0.39, 0.29) is 18.1 Å². The minimum absolute atomic E-state index is 0.0266. The summed E-state index contributed by atoms with van der Waals surface area (Å²) in [6.45, 7) is -0.0266. The van der Waals surface area contributed by atoms with E-state index >= 15 is 0 Å². The van der Waals surface area contributed by atoms with Gasteiger partial charge in [-0.05, 0) is 29.5 Å². The molecule has 0 spiro atoms. The van der Waals surface area contributed by atoms with Crippen LogP contribution >= 0.6 is 0 Å². The number of rotatable bonds is 4. The quantitative estimate of drug-likeness (QED) is 0.645. The first-order valence-electron chi connectivity index (χ1n) is 5.21. The van der Waals surface area contributed by atoms with Gasteiger partial charge in [0.1, 0.15) is 6.54 Å². The van der Waals surface area contributed by atoms with Gasteiger partial charge in [0.25, 0.3) is 0 Å². The average molecular weight is 244 g/mol. The molecule has 0 aliphatic carbocycles. The molecule has 90 valence electrons. The lowest BCUT2D eigenvalue weighted by Crippen LogP contribution is -2.12. The summed E-state index contributed by atoms with van der Waals surface area (Å²) in [6, 6.07) is 6.68. The Hall–Kier alpha value is -2.70. The third-order valence-electron chi connectivity index (χ3n) is 2.28. The van der Waals surface area contributed by atoms with Crippen LogP contribution in [0.15, 0.2) is 45.6 Å². The van der Waals surface area contributed by atoms with E-state index in [1.165, 1.54) is 17.3 Å². The Labute approximate surface area is 101 Å². The Kier molecular flexibility index (Phi) is 2.49. The number of carbonyl (C=O) groups is 1. The van der Waals surface area contributed by atoms with E-state index in [1.807, 2.05) is 0 Å². The number of aromatic nitrogens is 4. The van der Waals surface area contributed by atoms with Gasteiger partial charge in [-0.1, -0.05) is 0 Å². The minimum atomic E-state index is -0.219. The number of Topliss-reactive ketones (excluding diaryl/α,β-unsaturated/α-hetero) is 1. The molecule has 18 heavy (non-hydrogen) atoms. The van der Waals surface area contributed by atoms with Gasteiger partial charge in [-0.2, -0.15) is 4.80 Å². The summed E-state index contributed by atoms with van der Waals surface area (Å²) in [5.74, 6) is 0.897. The molecule has 0 saturated carbocycles. The third kappa shape index (κ3) is 1.93. The Morgan fingerprint density at radius 1 is 1.22 bits per heavy atom. The van der Waals surface area contributed by atoms with E-state index in [0.717, 1.165) is 0 Å². The number of ketones is 1. The van der Waals surface area contributed by atoms with Crippen LogP contribution in [0.3, 0.4) is 0 Å². The van der Waals surface area contributed by atoms with Gasteiger partial charge in [0.15, 0.2) is 11.5 Å². The molecule has 3 aromatic rings. The van der Waals surface area contributed by atoms with Crippen LogP contribution in [0.5, 0.6) is 0 Å². The summed E-state index contributed by atoms with van der Waals surface area (Å²) in [5.41, 5.74) is 0. The Morgan fingerprint density at radius 3 is 2.78 bits per heavy atom. The summed E-state index contributed by atoms with van der Waals surface area (Å²) >= 11 is 0. The van der Waals surface area contributed by atoms with Crippen LogP contribution in [0.1, 0.15) is 10.6 Å². The van der Waals surface area contributed by atoms with Crippen molar-refractivity contribution in [2.75, 3.05) is 0 Å². The van der Waals surface area contributed by atoms with Crippen molar-refractivity contribution in [3.8, 4) is 11.6 Å². The SMILES string of the molecule is O=C(Cn1nnc(-c2ccco2)n1)c1ccco1. The molecular weight excluding hydrogens is 236 g/mol. The van der Waals surface area contributed by atoms with E-state index in [0.29, 0.717) is 11.6 Å². The van der Waals surface area contributed by atoms with Crippen LogP contribution < -0.4 is 0 Å². The van der Waals surface area contributed by atoms with Gasteiger partial charge in [0, 0.05) is 0 Å². The minimum Gasteiger partial charge on any atom is -0.461 e. The lowest BCUT2D eigenvalue weighted by molar-refractivity contribution is 0.0934. The zero-order chi connectivity index (χ0) is 12.4. The highest BCUT2D eigenvalue weighted by Crippen LogP contribution is 2.13. The monoisotopic (exact) mass is 244 g/mol. The summed E-state index contributed by atoms with van der Waals surface area (Å²) < 4.78 is 10.1. The first-order chi connectivity index (χ1) is 8.83. The fourth-order valence-electron chi connectivity index (χ4n) is 1.46. The molecule has 0 N–H and O–H groups in total. The molecule has 0 saturated heterocycles. The lowest BCUT2D eigenvalue weighted by atomic mass is 10.3. The van der Waals surface area contributed by atoms with Crippen molar-refractivity contribution >= 4 is 5.78 Å². The van der Waals surface area contributed by atoms with E-state index in [4.69, 9.17) is 8.83 Å². The molecule has 0 amide bonds. The van der Waals surface area contributed by atoms with Crippen molar-refractivity contribution in [2.24, 2.45) is 0 Å². The topological polar surface area (TPSA) is 87.0 Å². The highest BCUT2D eigenvalue weighted by molar-refractivity contribution is 5.93. The first kappa shape index (κ1) is 10.5. The van der Waals surface area contributed by atoms with Crippen LogP contribution in [0.4, 0.5) is 0 Å². The zero-order valence-electron chi connectivity index (χ0n) is 9.18. The molecule has 0 aliphatic rings. The maximum atomic E-state index is 11.7. The van der Waals surface area contributed by atoms with Gasteiger partial charge >= 0.3 is 0 Å². The van der Waals surface area contributed by atoms with Crippen molar-refractivity contribution < 1.29 is 13.6 Å². The smallest absolute Gasteiger partial charge is 0.240 e. The van der Waals surface area contributed by atoms with Gasteiger partial charge in [-0.25, -0.2) is 0 Å². The summed E-state index contributed by atoms with van der Waals surface area (Å²) in [4.78, 5) is 12.9. The molecule has 0 unspecified atom stereocenters. The second kappa shape index (κ2) is 4.28. The predicted octanol–water partition coefficient (Wildman–Crippen LogP) is 1.41. The van der Waals surface area contributed by atoms with Crippen LogP contribution in [0.2, 0.25) is 0 Å². The molecular formula is C11H8N4O3. The predicted molar refractivity (Wildman–Crippen MR) is 58.6 cm³/mol. The Morgan fingerprint density at radius 2 is 2.06 bits per heavy atom. The van der Waals surface area contributed by atoms with E-state index in [2.05, 4.69) is 15.4 Å². The molecule has 7 heteroatoms. The van der Waals surface area contributed by atoms with E-state index < -0.39 is 0 Å². The number of hydrogen-bond acceptors (Lipinski definition) is 6. The number of carbonyl (C=O) groups excluding carboxylic acids is 1. The van der Waals surface area contributed by atoms with Crippen LogP contribution in [0.25, 0.3) is 11.6 Å². The fraction of sp³-hybridized carbons (Fsp3) is 0.0909. The number of nitrogens with zero attached hydrogens (tertiary/aromatic N) is 4. The Bertz CT molecular complexity index is 640. The molecule has 0 radical (unpaired) electrons. The number of tetrazole rings is 1. The number of hydrogen-bond donors (Lipinski definition) is 0. The van der Waals surface area contributed by atoms with Crippen molar-refractivity contribution in [1.29, 1.82) is 0 Å². The molecule has 0 fully saturated rings. The molecule has 0 aliphatic heterocycles.